The molecule has 0 aromatic heterocycles. The van der Waals surface area contributed by atoms with Crippen molar-refractivity contribution in [3.63, 3.8) is 0 Å². The first kappa shape index (κ1) is 13.1. The first-order valence-electron chi connectivity index (χ1n) is 3.01. The van der Waals surface area contributed by atoms with Gasteiger partial charge in [-0.05, 0) is 4.57 Å². The summed E-state index contributed by atoms with van der Waals surface area (Å²) in [6.45, 7) is 2.70. The topological polar surface area (TPSA) is 86.6 Å². The van der Waals surface area contributed by atoms with Gasteiger partial charge in [-0.15, -0.1) is 0 Å². The van der Waals surface area contributed by atoms with Gasteiger partial charge >= 0.3 is 8.03 Å². The van der Waals surface area contributed by atoms with Gasteiger partial charge in [0, 0.05) is 6.42 Å². The number of aliphatic hydroxyl groups is 1. The second-order valence-corrected chi connectivity index (χ2v) is 2.50. The minimum absolute atomic E-state index is 0.123. The summed E-state index contributed by atoms with van der Waals surface area (Å²) in [5.41, 5.74) is 0. The Morgan fingerprint density at radius 2 is 2.00 bits per heavy atom. The number of hydrogen-bond donors (Lipinski definition) is 3. The minimum atomic E-state index is -1.87. The highest BCUT2D eigenvalue weighted by molar-refractivity contribution is 7.36. The number of nitrogens with one attached hydrogen (secondary N) is 1. The molecule has 0 fully saturated rings. The van der Waals surface area contributed by atoms with Crippen LogP contribution < -0.4 is 5.32 Å². The molecule has 1 unspecified atom stereocenters. The smallest absolute Gasteiger partial charge is 0.377 e. The summed E-state index contributed by atoms with van der Waals surface area (Å²) < 4.78 is 9.15. The van der Waals surface area contributed by atoms with Crippen LogP contribution in [0.4, 0.5) is 0 Å². The zero-order valence-corrected chi connectivity index (χ0v) is 7.47. The van der Waals surface area contributed by atoms with Gasteiger partial charge in [0.25, 0.3) is 0 Å². The number of carbonyl (C=O) groups is 1. The molecule has 0 spiro atoms. The fourth-order valence-electron chi connectivity index (χ4n) is 0.213. The lowest BCUT2D eigenvalue weighted by atomic mass is 10.5. The third-order valence-corrected chi connectivity index (χ3v) is 0.597. The van der Waals surface area contributed by atoms with Crippen molar-refractivity contribution in [3.8, 4) is 0 Å². The van der Waals surface area contributed by atoms with Crippen molar-refractivity contribution in [3.05, 3.63) is 0 Å². The van der Waals surface area contributed by atoms with Crippen molar-refractivity contribution in [1.29, 1.82) is 0 Å². The van der Waals surface area contributed by atoms with Crippen LogP contribution in [0.3, 0.4) is 0 Å². The van der Waals surface area contributed by atoms with Crippen LogP contribution in [0.5, 0.6) is 0 Å². The monoisotopic (exact) mass is 182 g/mol. The van der Waals surface area contributed by atoms with E-state index in [-0.39, 0.29) is 12.6 Å². The van der Waals surface area contributed by atoms with Gasteiger partial charge in [-0.3, -0.25) is 4.79 Å². The average molecular weight is 182 g/mol. The molecule has 0 rings (SSSR count). The van der Waals surface area contributed by atoms with Crippen LogP contribution >= 0.6 is 8.03 Å². The van der Waals surface area contributed by atoms with Crippen LogP contribution in [0.2, 0.25) is 0 Å². The standard InChI is InChI=1S/C4H9NO2.CH3O2P/c1-2-4(7)5-3-6;1-4(2)3/h6H,2-3H2,1H3,(H,5,7);1H3/p+1. The molecule has 0 bridgehead atoms. The normalized spacial score (nSPS) is 9.27. The van der Waals surface area contributed by atoms with Gasteiger partial charge in [-0.2, -0.15) is 4.89 Å². The lowest BCUT2D eigenvalue weighted by molar-refractivity contribution is -0.121. The summed E-state index contributed by atoms with van der Waals surface area (Å²) in [4.78, 5) is 17.7. The second kappa shape index (κ2) is 9.49. The Labute approximate surface area is 66.3 Å². The highest BCUT2D eigenvalue weighted by Crippen LogP contribution is 1.99. The zero-order chi connectivity index (χ0) is 9.28. The first-order valence-corrected chi connectivity index (χ1v) is 4.67. The van der Waals surface area contributed by atoms with Gasteiger partial charge in [-0.1, -0.05) is 6.92 Å². The number of amides is 1. The average Bonchev–Trinajstić information content (AvgIpc) is 1.87. The maximum atomic E-state index is 10.1. The molecule has 0 aromatic carbocycles. The van der Waals surface area contributed by atoms with Crippen LogP contribution in [0.15, 0.2) is 0 Å². The van der Waals surface area contributed by atoms with E-state index < -0.39 is 8.03 Å². The maximum Gasteiger partial charge on any atom is 0.502 e. The predicted octanol–water partition coefficient (Wildman–Crippen LogP) is -0.187. The molecule has 5 nitrogen and oxygen atoms in total. The Bertz CT molecular complexity index is 124. The van der Waals surface area contributed by atoms with E-state index in [1.807, 2.05) is 0 Å². The zero-order valence-electron chi connectivity index (χ0n) is 6.57. The van der Waals surface area contributed by atoms with E-state index in [4.69, 9.17) is 14.6 Å². The third-order valence-electron chi connectivity index (χ3n) is 0.597. The van der Waals surface area contributed by atoms with Crippen molar-refractivity contribution in [2.45, 2.75) is 13.3 Å². The van der Waals surface area contributed by atoms with E-state index in [1.165, 1.54) is 6.66 Å². The lowest BCUT2D eigenvalue weighted by Gasteiger charge is -1.93. The molecule has 0 aliphatic rings. The van der Waals surface area contributed by atoms with Gasteiger partial charge in [0.15, 0.2) is 6.66 Å². The molecule has 6 heteroatoms. The largest absolute Gasteiger partial charge is 0.502 e. The number of aliphatic hydroxyl groups excluding tert-OH is 1. The Hall–Kier alpha value is -0.510. The molecule has 0 aliphatic carbocycles. The maximum absolute atomic E-state index is 10.1. The molecular weight excluding hydrogens is 169 g/mol. The first-order chi connectivity index (χ1) is 5.04. The minimum Gasteiger partial charge on any atom is -0.377 e. The van der Waals surface area contributed by atoms with E-state index >= 15 is 0 Å². The summed E-state index contributed by atoms with van der Waals surface area (Å²) in [6, 6.07) is 0. The highest BCUT2D eigenvalue weighted by Gasteiger charge is 1.89. The van der Waals surface area contributed by atoms with Gasteiger partial charge in [0.2, 0.25) is 5.91 Å². The molecule has 0 saturated carbocycles. The Balaban J connectivity index is 0. The van der Waals surface area contributed by atoms with Crippen molar-refractivity contribution >= 4 is 13.9 Å². The summed E-state index contributed by atoms with van der Waals surface area (Å²) in [7, 11) is -1.87. The van der Waals surface area contributed by atoms with Gasteiger partial charge in [-0.25, -0.2) is 0 Å². The lowest BCUT2D eigenvalue weighted by Crippen LogP contribution is -2.22. The number of carbonyl (C=O) groups excluding carboxylic acids is 1. The predicted molar refractivity (Wildman–Crippen MR) is 41.3 cm³/mol. The molecule has 1 amide bonds. The summed E-state index contributed by atoms with van der Waals surface area (Å²) in [5, 5.41) is 10.2. The molecule has 1 atom stereocenters. The van der Waals surface area contributed by atoms with Crippen molar-refractivity contribution in [1.82, 2.24) is 5.32 Å². The molecule has 0 heterocycles. The van der Waals surface area contributed by atoms with Crippen molar-refractivity contribution in [2.24, 2.45) is 0 Å². The molecule has 3 N–H and O–H groups in total. The number of hydrogen-bond acceptors (Lipinski definition) is 3. The summed E-state index contributed by atoms with van der Waals surface area (Å²) in [6.07, 6.45) is 0.431. The van der Waals surface area contributed by atoms with Gasteiger partial charge in [0.05, 0.1) is 0 Å². The van der Waals surface area contributed by atoms with Crippen LogP contribution in [-0.4, -0.2) is 29.3 Å². The molecule has 0 saturated heterocycles. The van der Waals surface area contributed by atoms with Crippen LogP contribution in [0, 0.1) is 0 Å². The quantitative estimate of drug-likeness (QED) is 0.408. The molecule has 0 aromatic rings. The molecule has 11 heavy (non-hydrogen) atoms. The summed E-state index contributed by atoms with van der Waals surface area (Å²) >= 11 is 0. The van der Waals surface area contributed by atoms with E-state index in [0.29, 0.717) is 6.42 Å². The van der Waals surface area contributed by atoms with Crippen molar-refractivity contribution in [2.75, 3.05) is 13.4 Å². The van der Waals surface area contributed by atoms with E-state index in [0.717, 1.165) is 0 Å². The van der Waals surface area contributed by atoms with Crippen molar-refractivity contribution < 1.29 is 19.4 Å². The van der Waals surface area contributed by atoms with Crippen LogP contribution in [-0.2, 0) is 9.36 Å². The second-order valence-electron chi connectivity index (χ2n) is 1.58. The van der Waals surface area contributed by atoms with Gasteiger partial charge < -0.3 is 10.4 Å². The molecule has 0 aliphatic heterocycles. The highest BCUT2D eigenvalue weighted by atomic mass is 31.1. The van der Waals surface area contributed by atoms with Crippen LogP contribution in [0.1, 0.15) is 13.3 Å². The third kappa shape index (κ3) is 26.4. The molecule has 66 valence electrons. The number of rotatable bonds is 2. The van der Waals surface area contributed by atoms with E-state index in [1.54, 1.807) is 6.92 Å². The molecular formula is C5H13NO4P+. The Morgan fingerprint density at radius 3 is 2.09 bits per heavy atom. The SMILES string of the molecule is CCC(=O)NCO.C[P+](=O)O. The van der Waals surface area contributed by atoms with E-state index in [2.05, 4.69) is 5.32 Å². The summed E-state index contributed by atoms with van der Waals surface area (Å²) in [5.74, 6) is -0.123. The van der Waals surface area contributed by atoms with Gasteiger partial charge in [0.1, 0.15) is 6.73 Å². The van der Waals surface area contributed by atoms with Crippen LogP contribution in [0.25, 0.3) is 0 Å². The molecule has 0 radical (unpaired) electrons. The Kier molecular flexibility index (Phi) is 11.3. The van der Waals surface area contributed by atoms with E-state index in [9.17, 15) is 4.79 Å². The Morgan fingerprint density at radius 1 is 1.64 bits per heavy atom. The fourth-order valence-corrected chi connectivity index (χ4v) is 0.213. The fraction of sp³-hybridized carbons (Fsp3) is 0.800.